The van der Waals surface area contributed by atoms with Gasteiger partial charge < -0.3 is 15.5 Å². The first-order chi connectivity index (χ1) is 9.88. The summed E-state index contributed by atoms with van der Waals surface area (Å²) in [6, 6.07) is 3.42. The molecule has 5 nitrogen and oxygen atoms in total. The number of hydrogen-bond acceptors (Lipinski definition) is 3. The number of benzene rings is 1. The van der Waals surface area contributed by atoms with Crippen molar-refractivity contribution in [1.29, 1.82) is 0 Å². The minimum absolute atomic E-state index is 0.00672. The molecule has 0 aliphatic heterocycles. The van der Waals surface area contributed by atoms with Gasteiger partial charge in [0.15, 0.2) is 0 Å². The lowest BCUT2D eigenvalue weighted by molar-refractivity contribution is -0.142. The number of halogens is 2. The van der Waals surface area contributed by atoms with Crippen LogP contribution in [0.1, 0.15) is 36.0 Å². The van der Waals surface area contributed by atoms with E-state index in [0.29, 0.717) is 29.3 Å². The number of nitrogens with one attached hydrogen (secondary N) is 1. The molecule has 2 rings (SSSR count). The Kier molecular flexibility index (Phi) is 5.69. The Morgan fingerprint density at radius 3 is 2.33 bits per heavy atom. The van der Waals surface area contributed by atoms with E-state index >= 15 is 0 Å². The molecule has 0 radical (unpaired) electrons. The van der Waals surface area contributed by atoms with Crippen molar-refractivity contribution in [2.24, 2.45) is 5.92 Å². The molecule has 7 heteroatoms. The molecule has 3 N–H and O–H groups in total. The van der Waals surface area contributed by atoms with Gasteiger partial charge in [0.2, 0.25) is 0 Å². The van der Waals surface area contributed by atoms with Gasteiger partial charge in [-0.05, 0) is 83.0 Å². The number of hydrogen-bond donors (Lipinski definition) is 3. The summed E-state index contributed by atoms with van der Waals surface area (Å²) in [5.74, 6) is -1.37. The summed E-state index contributed by atoms with van der Waals surface area (Å²) < 4.78 is 1.52. The molecule has 1 aromatic carbocycles. The average molecular weight is 515 g/mol. The molecular weight excluding hydrogens is 500 g/mol. The normalized spacial score (nSPS) is 21.8. The molecule has 0 unspecified atom stereocenters. The van der Waals surface area contributed by atoms with Crippen LogP contribution in [0.2, 0.25) is 0 Å². The number of carboxylic acids is 1. The number of phenolic OH excluding ortho intramolecular Hbond substituents is 1. The first-order valence-corrected chi connectivity index (χ1v) is 8.76. The lowest BCUT2D eigenvalue weighted by Crippen LogP contribution is -2.38. The minimum Gasteiger partial charge on any atom is -0.506 e. The molecular formula is C14H15I2NO4. The zero-order chi connectivity index (χ0) is 15.6. The molecule has 0 atom stereocenters. The Hall–Kier alpha value is -0.580. The van der Waals surface area contributed by atoms with Gasteiger partial charge in [-0.15, -0.1) is 0 Å². The molecule has 1 aromatic rings. The van der Waals surface area contributed by atoms with Gasteiger partial charge >= 0.3 is 5.97 Å². The van der Waals surface area contributed by atoms with Crippen LogP contribution in [0, 0.1) is 13.1 Å². The number of carbonyl (C=O) groups is 2. The maximum Gasteiger partial charge on any atom is 0.306 e. The van der Waals surface area contributed by atoms with Crippen LogP contribution in [0.5, 0.6) is 5.75 Å². The highest BCUT2D eigenvalue weighted by Gasteiger charge is 2.27. The van der Waals surface area contributed by atoms with Crippen LogP contribution in [0.4, 0.5) is 0 Å². The molecule has 0 saturated heterocycles. The van der Waals surface area contributed by atoms with Crippen molar-refractivity contribution in [3.8, 4) is 5.75 Å². The lowest BCUT2D eigenvalue weighted by atomic mass is 9.86. The van der Waals surface area contributed by atoms with Crippen LogP contribution in [-0.4, -0.2) is 28.1 Å². The van der Waals surface area contributed by atoms with Gasteiger partial charge in [-0.1, -0.05) is 0 Å². The van der Waals surface area contributed by atoms with Gasteiger partial charge in [0.05, 0.1) is 15.1 Å². The summed E-state index contributed by atoms with van der Waals surface area (Å²) in [5, 5.41) is 21.8. The fourth-order valence-corrected chi connectivity index (χ4v) is 4.33. The number of amides is 1. The molecule has 1 aliphatic carbocycles. The van der Waals surface area contributed by atoms with Crippen LogP contribution < -0.4 is 5.32 Å². The molecule has 0 heterocycles. The van der Waals surface area contributed by atoms with E-state index in [1.54, 1.807) is 12.1 Å². The molecule has 114 valence electrons. The third-order valence-electron chi connectivity index (χ3n) is 3.68. The van der Waals surface area contributed by atoms with E-state index in [0.717, 1.165) is 3.57 Å². The van der Waals surface area contributed by atoms with Crippen LogP contribution in [0.25, 0.3) is 0 Å². The summed E-state index contributed by atoms with van der Waals surface area (Å²) >= 11 is 4.09. The maximum atomic E-state index is 12.3. The monoisotopic (exact) mass is 515 g/mol. The molecule has 21 heavy (non-hydrogen) atoms. The van der Waals surface area contributed by atoms with E-state index in [9.17, 15) is 14.7 Å². The summed E-state index contributed by atoms with van der Waals surface area (Å²) in [5.41, 5.74) is 0.270. The molecule has 1 saturated carbocycles. The highest BCUT2D eigenvalue weighted by atomic mass is 127. The quantitative estimate of drug-likeness (QED) is 0.541. The highest BCUT2D eigenvalue weighted by Crippen LogP contribution is 2.28. The standard InChI is InChI=1S/C14H15I2NO4/c15-8-5-10(12(18)11(16)6-8)13(19)17-9-3-1-7(2-4-9)14(20)21/h5-7,9,18H,1-4H2,(H,17,19)(H,20,21). The Morgan fingerprint density at radius 2 is 1.76 bits per heavy atom. The van der Waals surface area contributed by atoms with Crippen LogP contribution in [-0.2, 0) is 4.79 Å². The topological polar surface area (TPSA) is 86.6 Å². The molecule has 0 spiro atoms. The van der Waals surface area contributed by atoms with E-state index in [4.69, 9.17) is 5.11 Å². The first kappa shape index (κ1) is 16.8. The van der Waals surface area contributed by atoms with Crippen LogP contribution in [0.3, 0.4) is 0 Å². The zero-order valence-electron chi connectivity index (χ0n) is 11.1. The Bertz CT molecular complexity index is 568. The fourth-order valence-electron chi connectivity index (χ4n) is 2.49. The van der Waals surface area contributed by atoms with Crippen LogP contribution >= 0.6 is 45.2 Å². The van der Waals surface area contributed by atoms with Gasteiger partial charge in [0.1, 0.15) is 5.75 Å². The molecule has 1 aliphatic rings. The van der Waals surface area contributed by atoms with Crippen molar-refractivity contribution in [3.63, 3.8) is 0 Å². The third kappa shape index (κ3) is 4.21. The van der Waals surface area contributed by atoms with Gasteiger partial charge in [-0.3, -0.25) is 9.59 Å². The second kappa shape index (κ2) is 7.12. The Balaban J connectivity index is 2.01. The van der Waals surface area contributed by atoms with Gasteiger partial charge in [-0.2, -0.15) is 0 Å². The smallest absolute Gasteiger partial charge is 0.306 e. The average Bonchev–Trinajstić information content (AvgIpc) is 2.43. The largest absolute Gasteiger partial charge is 0.506 e. The van der Waals surface area contributed by atoms with E-state index in [2.05, 4.69) is 27.9 Å². The first-order valence-electron chi connectivity index (χ1n) is 6.60. The lowest BCUT2D eigenvalue weighted by Gasteiger charge is -2.27. The Labute approximate surface area is 149 Å². The van der Waals surface area contributed by atoms with Crippen molar-refractivity contribution in [2.45, 2.75) is 31.7 Å². The van der Waals surface area contributed by atoms with Crippen molar-refractivity contribution in [3.05, 3.63) is 24.8 Å². The highest BCUT2D eigenvalue weighted by molar-refractivity contribution is 14.1. The van der Waals surface area contributed by atoms with Gasteiger partial charge in [0.25, 0.3) is 5.91 Å². The maximum absolute atomic E-state index is 12.3. The van der Waals surface area contributed by atoms with E-state index in [-0.39, 0.29) is 29.2 Å². The van der Waals surface area contributed by atoms with Gasteiger partial charge in [-0.25, -0.2) is 0 Å². The predicted octanol–water partition coefficient (Wildman–Crippen LogP) is 2.97. The summed E-state index contributed by atoms with van der Waals surface area (Å²) in [4.78, 5) is 23.2. The summed E-state index contributed by atoms with van der Waals surface area (Å²) in [7, 11) is 0. The van der Waals surface area contributed by atoms with Crippen LogP contribution in [0.15, 0.2) is 12.1 Å². The number of carbonyl (C=O) groups excluding carboxylic acids is 1. The number of aromatic hydroxyl groups is 1. The number of aliphatic carboxylic acids is 1. The predicted molar refractivity (Wildman–Crippen MR) is 94.4 cm³/mol. The molecule has 0 aromatic heterocycles. The summed E-state index contributed by atoms with van der Waals surface area (Å²) in [6.45, 7) is 0. The second-order valence-corrected chi connectivity index (χ2v) is 7.55. The Morgan fingerprint density at radius 1 is 1.14 bits per heavy atom. The third-order valence-corrected chi connectivity index (χ3v) is 5.13. The van der Waals surface area contributed by atoms with Crippen molar-refractivity contribution in [2.75, 3.05) is 0 Å². The van der Waals surface area contributed by atoms with Crippen molar-refractivity contribution in [1.82, 2.24) is 5.32 Å². The minimum atomic E-state index is -0.760. The molecule has 1 amide bonds. The zero-order valence-corrected chi connectivity index (χ0v) is 15.4. The second-order valence-electron chi connectivity index (χ2n) is 5.14. The fraction of sp³-hybridized carbons (Fsp3) is 0.429. The van der Waals surface area contributed by atoms with Gasteiger partial charge in [0, 0.05) is 9.61 Å². The SMILES string of the molecule is O=C(NC1CCC(C(=O)O)CC1)c1cc(I)cc(I)c1O. The van der Waals surface area contributed by atoms with E-state index < -0.39 is 5.97 Å². The number of carboxylic acid groups (broad SMARTS) is 1. The summed E-state index contributed by atoms with van der Waals surface area (Å²) in [6.07, 6.45) is 2.47. The van der Waals surface area contributed by atoms with Crippen molar-refractivity contribution >= 4 is 57.1 Å². The van der Waals surface area contributed by atoms with Crippen molar-refractivity contribution < 1.29 is 19.8 Å². The molecule has 0 bridgehead atoms. The number of rotatable bonds is 3. The van der Waals surface area contributed by atoms with E-state index in [1.807, 2.05) is 22.6 Å². The number of phenols is 1. The molecule has 1 fully saturated rings. The van der Waals surface area contributed by atoms with E-state index in [1.165, 1.54) is 0 Å².